The molecule has 9 nitrogen and oxygen atoms in total. The number of amides is 1. The summed E-state index contributed by atoms with van der Waals surface area (Å²) in [5.74, 6) is 0.968. The Kier molecular flexibility index (Phi) is 8.87. The number of allylic oxidation sites excluding steroid dienone is 1. The largest absolute Gasteiger partial charge is 0.508 e. The van der Waals surface area contributed by atoms with Crippen molar-refractivity contribution in [1.82, 2.24) is 19.8 Å². The number of phenols is 1. The third kappa shape index (κ3) is 6.37. The van der Waals surface area contributed by atoms with E-state index in [1.165, 1.54) is 6.08 Å². The van der Waals surface area contributed by atoms with E-state index in [1.54, 1.807) is 23.1 Å². The molecule has 5 rings (SSSR count). The van der Waals surface area contributed by atoms with Gasteiger partial charge in [-0.15, -0.1) is 0 Å². The number of phenolic OH excluding ortho intramolecular Hbond substituents is 1. The number of aromatic nitrogens is 2. The van der Waals surface area contributed by atoms with E-state index in [2.05, 4.69) is 27.9 Å². The van der Waals surface area contributed by atoms with Crippen LogP contribution in [0.25, 0.3) is 12.2 Å². The maximum absolute atomic E-state index is 13.6. The van der Waals surface area contributed by atoms with Gasteiger partial charge in [0, 0.05) is 75.2 Å². The van der Waals surface area contributed by atoms with Crippen molar-refractivity contribution in [3.8, 4) is 11.8 Å². The molecule has 2 saturated heterocycles. The minimum absolute atomic E-state index is 0.0617. The fourth-order valence-electron chi connectivity index (χ4n) is 5.87. The Hall–Kier alpha value is -3.92. The van der Waals surface area contributed by atoms with Gasteiger partial charge in [0.25, 0.3) is 0 Å². The second kappa shape index (κ2) is 12.7. The SMILES string of the molecule is C=CC(=O)N1CCN(c2nc(OCCN3CCC(F)C3)nc3c2CCN(c2cc(O)cc(C=C)c2/C=C\C)C3)CC1. The highest BCUT2D eigenvalue weighted by Gasteiger charge is 2.29. The minimum atomic E-state index is -0.773. The van der Waals surface area contributed by atoms with Gasteiger partial charge < -0.3 is 24.5 Å². The molecule has 0 radical (unpaired) electrons. The second-order valence-corrected chi connectivity index (χ2v) is 10.6. The number of benzene rings is 1. The van der Waals surface area contributed by atoms with Crippen LogP contribution in [0.4, 0.5) is 15.9 Å². The zero-order chi connectivity index (χ0) is 28.9. The summed E-state index contributed by atoms with van der Waals surface area (Å²) >= 11 is 0. The third-order valence-corrected chi connectivity index (χ3v) is 8.01. The molecule has 0 aliphatic carbocycles. The number of carbonyl (C=O) groups is 1. The summed E-state index contributed by atoms with van der Waals surface area (Å²) in [6.45, 7) is 15.4. The lowest BCUT2D eigenvalue weighted by atomic mass is 9.99. The van der Waals surface area contributed by atoms with Gasteiger partial charge >= 0.3 is 6.01 Å². The van der Waals surface area contributed by atoms with Crippen LogP contribution in [-0.4, -0.2) is 95.9 Å². The number of likely N-dealkylation sites (tertiary alicyclic amines) is 1. The van der Waals surface area contributed by atoms with Crippen molar-refractivity contribution in [2.45, 2.75) is 32.5 Å². The minimum Gasteiger partial charge on any atom is -0.508 e. The highest BCUT2D eigenvalue weighted by Crippen LogP contribution is 2.36. The molecule has 1 aromatic carbocycles. The van der Waals surface area contributed by atoms with E-state index in [0.717, 1.165) is 53.4 Å². The van der Waals surface area contributed by atoms with Gasteiger partial charge in [-0.05, 0) is 37.5 Å². The number of hydrogen-bond donors (Lipinski definition) is 1. The first-order valence-corrected chi connectivity index (χ1v) is 14.3. The Morgan fingerprint density at radius 3 is 2.63 bits per heavy atom. The smallest absolute Gasteiger partial charge is 0.318 e. The number of alkyl halides is 1. The van der Waals surface area contributed by atoms with Gasteiger partial charge in [-0.3, -0.25) is 9.69 Å². The van der Waals surface area contributed by atoms with E-state index in [0.29, 0.717) is 64.9 Å². The highest BCUT2D eigenvalue weighted by molar-refractivity contribution is 5.87. The van der Waals surface area contributed by atoms with Crippen LogP contribution < -0.4 is 14.5 Å². The first-order valence-electron chi connectivity index (χ1n) is 14.3. The summed E-state index contributed by atoms with van der Waals surface area (Å²) in [7, 11) is 0. The summed E-state index contributed by atoms with van der Waals surface area (Å²) < 4.78 is 19.7. The topological polar surface area (TPSA) is 85.3 Å². The molecule has 1 N–H and O–H groups in total. The summed E-state index contributed by atoms with van der Waals surface area (Å²) in [5, 5.41) is 10.5. The molecule has 41 heavy (non-hydrogen) atoms. The van der Waals surface area contributed by atoms with E-state index >= 15 is 0 Å². The monoisotopic (exact) mass is 562 g/mol. The number of carbonyl (C=O) groups excluding carboxylic acids is 1. The fourth-order valence-corrected chi connectivity index (χ4v) is 5.87. The van der Waals surface area contributed by atoms with Crippen LogP contribution in [0.15, 0.2) is 37.4 Å². The number of nitrogens with zero attached hydrogens (tertiary/aromatic N) is 6. The number of aromatic hydroxyl groups is 1. The standard InChI is InChI=1S/C31H39FN6O3/c1-4-7-25-22(5-2)18-24(39)19-28(25)38-11-9-26-27(21-38)33-31(41-17-16-35-10-8-23(32)20-35)34-30(26)37-14-12-36(13-15-37)29(40)6-3/h4-7,18-19,23,39H,2-3,8-17,20-21H2,1H3/b7-4-. The molecular weight excluding hydrogens is 523 g/mol. The molecule has 0 saturated carbocycles. The molecule has 218 valence electrons. The average Bonchev–Trinajstić information content (AvgIpc) is 3.41. The Morgan fingerprint density at radius 1 is 1.15 bits per heavy atom. The lowest BCUT2D eigenvalue weighted by molar-refractivity contribution is -0.126. The average molecular weight is 563 g/mol. The molecule has 3 aliphatic rings. The van der Waals surface area contributed by atoms with Gasteiger partial charge in [0.1, 0.15) is 24.3 Å². The molecule has 1 amide bonds. The van der Waals surface area contributed by atoms with Crippen molar-refractivity contribution in [3.63, 3.8) is 0 Å². The Balaban J connectivity index is 1.43. The van der Waals surface area contributed by atoms with E-state index in [1.807, 2.05) is 19.1 Å². The maximum Gasteiger partial charge on any atom is 0.318 e. The van der Waals surface area contributed by atoms with Crippen molar-refractivity contribution >= 4 is 29.6 Å². The fraction of sp³-hybridized carbons (Fsp3) is 0.452. The van der Waals surface area contributed by atoms with Crippen LogP contribution in [0.1, 0.15) is 35.7 Å². The number of anilines is 2. The summed E-state index contributed by atoms with van der Waals surface area (Å²) in [6.07, 6.45) is 7.64. The molecule has 1 aromatic heterocycles. The molecule has 1 atom stereocenters. The van der Waals surface area contributed by atoms with Crippen LogP contribution in [0, 0.1) is 0 Å². The van der Waals surface area contributed by atoms with E-state index < -0.39 is 6.17 Å². The van der Waals surface area contributed by atoms with Crippen LogP contribution in [0.2, 0.25) is 0 Å². The van der Waals surface area contributed by atoms with Gasteiger partial charge in [0.05, 0.1) is 12.2 Å². The highest BCUT2D eigenvalue weighted by atomic mass is 19.1. The summed E-state index contributed by atoms with van der Waals surface area (Å²) in [5.41, 5.74) is 4.72. The molecule has 10 heteroatoms. The van der Waals surface area contributed by atoms with Crippen molar-refractivity contribution < 1.29 is 19.0 Å². The first-order chi connectivity index (χ1) is 19.9. The Labute approximate surface area is 241 Å². The first kappa shape index (κ1) is 28.6. The predicted octanol–water partition coefficient (Wildman–Crippen LogP) is 3.68. The third-order valence-electron chi connectivity index (χ3n) is 8.01. The van der Waals surface area contributed by atoms with E-state index in [9.17, 15) is 14.3 Å². The number of ether oxygens (including phenoxy) is 1. The number of fused-ring (bicyclic) bond motifs is 1. The molecule has 4 heterocycles. The van der Waals surface area contributed by atoms with Crippen LogP contribution in [0.3, 0.4) is 0 Å². The van der Waals surface area contributed by atoms with Gasteiger partial charge in [-0.25, -0.2) is 4.39 Å². The van der Waals surface area contributed by atoms with Crippen molar-refractivity contribution in [2.24, 2.45) is 0 Å². The van der Waals surface area contributed by atoms with Crippen LogP contribution >= 0.6 is 0 Å². The number of hydrogen-bond acceptors (Lipinski definition) is 8. The van der Waals surface area contributed by atoms with Gasteiger partial charge in [0.15, 0.2) is 0 Å². The molecule has 2 fully saturated rings. The Bertz CT molecular complexity index is 1320. The van der Waals surface area contributed by atoms with E-state index in [-0.39, 0.29) is 11.7 Å². The number of halogens is 1. The molecule has 1 unspecified atom stereocenters. The quantitative estimate of drug-likeness (QED) is 0.464. The second-order valence-electron chi connectivity index (χ2n) is 10.6. The van der Waals surface area contributed by atoms with Gasteiger partial charge in [-0.2, -0.15) is 9.97 Å². The molecule has 0 bridgehead atoms. The molecule has 3 aliphatic heterocycles. The zero-order valence-electron chi connectivity index (χ0n) is 23.8. The normalized spacial score (nSPS) is 19.5. The van der Waals surface area contributed by atoms with Crippen LogP contribution in [-0.2, 0) is 17.8 Å². The van der Waals surface area contributed by atoms with Gasteiger partial charge in [-0.1, -0.05) is 31.4 Å². The number of rotatable bonds is 9. The number of piperazine rings is 1. The zero-order valence-corrected chi connectivity index (χ0v) is 23.8. The Morgan fingerprint density at radius 2 is 1.95 bits per heavy atom. The van der Waals surface area contributed by atoms with Crippen LogP contribution in [0.5, 0.6) is 11.8 Å². The van der Waals surface area contributed by atoms with E-state index in [4.69, 9.17) is 14.7 Å². The molecule has 0 spiro atoms. The van der Waals surface area contributed by atoms with Crippen molar-refractivity contribution in [3.05, 3.63) is 59.8 Å². The maximum atomic E-state index is 13.6. The summed E-state index contributed by atoms with van der Waals surface area (Å²) in [4.78, 5) is 30.1. The lowest BCUT2D eigenvalue weighted by Gasteiger charge is -2.38. The molecule has 2 aromatic rings. The summed E-state index contributed by atoms with van der Waals surface area (Å²) in [6, 6.07) is 3.81. The van der Waals surface area contributed by atoms with Gasteiger partial charge in [0.2, 0.25) is 5.91 Å². The van der Waals surface area contributed by atoms with Crippen molar-refractivity contribution in [1.29, 1.82) is 0 Å². The lowest BCUT2D eigenvalue weighted by Crippen LogP contribution is -2.49. The predicted molar refractivity (Wildman–Crippen MR) is 160 cm³/mol. The van der Waals surface area contributed by atoms with Crippen molar-refractivity contribution in [2.75, 3.05) is 68.8 Å². The molecular formula is C31H39FN6O3.